The van der Waals surface area contributed by atoms with E-state index in [2.05, 4.69) is 15.3 Å². The SMILES string of the molecule is CCC(NC(=O)CCc1cc(OC)c(OC)c(OC)c1)c1ncc(-c2ccccc2)[nH]1. The smallest absolute Gasteiger partial charge is 0.220 e. The second kappa shape index (κ2) is 10.5. The van der Waals surface area contributed by atoms with Crippen molar-refractivity contribution in [2.75, 3.05) is 21.3 Å². The zero-order valence-electron chi connectivity index (χ0n) is 18.4. The van der Waals surface area contributed by atoms with Gasteiger partial charge in [-0.3, -0.25) is 4.79 Å². The lowest BCUT2D eigenvalue weighted by Crippen LogP contribution is -2.29. The molecule has 31 heavy (non-hydrogen) atoms. The lowest BCUT2D eigenvalue weighted by atomic mass is 10.1. The number of imidazole rings is 1. The molecule has 0 radical (unpaired) electrons. The molecule has 0 aliphatic heterocycles. The van der Waals surface area contributed by atoms with Crippen LogP contribution in [-0.4, -0.2) is 37.2 Å². The number of aromatic nitrogens is 2. The number of hydrogen-bond acceptors (Lipinski definition) is 5. The monoisotopic (exact) mass is 423 g/mol. The number of aryl methyl sites for hydroxylation is 1. The fraction of sp³-hybridized carbons (Fsp3) is 0.333. The van der Waals surface area contributed by atoms with Gasteiger partial charge in [0.1, 0.15) is 5.82 Å². The molecular formula is C24H29N3O4. The van der Waals surface area contributed by atoms with Gasteiger partial charge in [0.25, 0.3) is 0 Å². The summed E-state index contributed by atoms with van der Waals surface area (Å²) in [6.07, 6.45) is 3.42. The number of hydrogen-bond donors (Lipinski definition) is 2. The van der Waals surface area contributed by atoms with E-state index in [1.54, 1.807) is 27.5 Å². The molecule has 0 saturated carbocycles. The molecule has 0 fully saturated rings. The molecule has 3 aromatic rings. The molecule has 1 amide bonds. The van der Waals surface area contributed by atoms with E-state index >= 15 is 0 Å². The number of aromatic amines is 1. The molecule has 1 unspecified atom stereocenters. The van der Waals surface area contributed by atoms with Crippen molar-refractivity contribution in [2.24, 2.45) is 0 Å². The summed E-state index contributed by atoms with van der Waals surface area (Å²) in [7, 11) is 4.72. The van der Waals surface area contributed by atoms with E-state index in [4.69, 9.17) is 14.2 Å². The number of carbonyl (C=O) groups is 1. The first-order valence-electron chi connectivity index (χ1n) is 10.3. The Morgan fingerprint density at radius 2 is 1.74 bits per heavy atom. The molecule has 7 nitrogen and oxygen atoms in total. The summed E-state index contributed by atoms with van der Waals surface area (Å²) in [6.45, 7) is 2.02. The van der Waals surface area contributed by atoms with Gasteiger partial charge in [0.15, 0.2) is 11.5 Å². The molecule has 164 valence electrons. The largest absolute Gasteiger partial charge is 0.493 e. The van der Waals surface area contributed by atoms with Crippen LogP contribution in [-0.2, 0) is 11.2 Å². The molecule has 0 saturated heterocycles. The van der Waals surface area contributed by atoms with Crippen LogP contribution in [0.25, 0.3) is 11.3 Å². The third-order valence-electron chi connectivity index (χ3n) is 5.12. The molecule has 7 heteroatoms. The van der Waals surface area contributed by atoms with Gasteiger partial charge < -0.3 is 24.5 Å². The number of methoxy groups -OCH3 is 3. The number of nitrogens with one attached hydrogen (secondary N) is 2. The number of ether oxygens (including phenoxy) is 3. The average Bonchev–Trinajstić information content (AvgIpc) is 3.31. The third-order valence-corrected chi connectivity index (χ3v) is 5.12. The fourth-order valence-electron chi connectivity index (χ4n) is 3.45. The summed E-state index contributed by atoms with van der Waals surface area (Å²) in [5.41, 5.74) is 2.92. The van der Waals surface area contributed by atoms with Crippen LogP contribution in [0.5, 0.6) is 17.2 Å². The molecule has 2 aromatic carbocycles. The maximum Gasteiger partial charge on any atom is 0.220 e. The highest BCUT2D eigenvalue weighted by molar-refractivity contribution is 5.76. The van der Waals surface area contributed by atoms with E-state index < -0.39 is 0 Å². The van der Waals surface area contributed by atoms with Crippen molar-refractivity contribution >= 4 is 5.91 Å². The Morgan fingerprint density at radius 3 is 2.32 bits per heavy atom. The molecule has 3 rings (SSSR count). The molecular weight excluding hydrogens is 394 g/mol. The standard InChI is InChI=1S/C24H29N3O4/c1-5-18(24-25-15-19(27-24)17-9-7-6-8-10-17)26-22(28)12-11-16-13-20(29-2)23(31-4)21(14-16)30-3/h6-10,13-15,18H,5,11-12H2,1-4H3,(H,25,27)(H,26,28). The Balaban J connectivity index is 1.64. The second-order valence-corrected chi connectivity index (χ2v) is 7.11. The van der Waals surface area contributed by atoms with Crippen LogP contribution in [0.3, 0.4) is 0 Å². The van der Waals surface area contributed by atoms with Crippen LogP contribution in [0.2, 0.25) is 0 Å². The first kappa shape index (κ1) is 22.2. The first-order chi connectivity index (χ1) is 15.1. The number of amides is 1. The van der Waals surface area contributed by atoms with Gasteiger partial charge in [-0.1, -0.05) is 37.3 Å². The maximum atomic E-state index is 12.6. The minimum Gasteiger partial charge on any atom is -0.493 e. The fourth-order valence-corrected chi connectivity index (χ4v) is 3.45. The Bertz CT molecular complexity index is 976. The molecule has 1 heterocycles. The lowest BCUT2D eigenvalue weighted by Gasteiger charge is -2.16. The highest BCUT2D eigenvalue weighted by Gasteiger charge is 2.18. The van der Waals surface area contributed by atoms with E-state index in [0.717, 1.165) is 29.1 Å². The summed E-state index contributed by atoms with van der Waals surface area (Å²) in [5, 5.41) is 3.08. The number of benzene rings is 2. The van der Waals surface area contributed by atoms with Crippen LogP contribution in [0.15, 0.2) is 48.7 Å². The van der Waals surface area contributed by atoms with Crippen molar-refractivity contribution in [3.8, 4) is 28.5 Å². The average molecular weight is 424 g/mol. The highest BCUT2D eigenvalue weighted by Crippen LogP contribution is 2.38. The van der Waals surface area contributed by atoms with Crippen LogP contribution in [0.4, 0.5) is 0 Å². The highest BCUT2D eigenvalue weighted by atomic mass is 16.5. The summed E-state index contributed by atoms with van der Waals surface area (Å²) in [6, 6.07) is 13.5. The van der Waals surface area contributed by atoms with Gasteiger partial charge in [-0.2, -0.15) is 0 Å². The molecule has 1 aromatic heterocycles. The van der Waals surface area contributed by atoms with Crippen LogP contribution < -0.4 is 19.5 Å². The zero-order valence-corrected chi connectivity index (χ0v) is 18.4. The van der Waals surface area contributed by atoms with Gasteiger partial charge in [0.2, 0.25) is 11.7 Å². The van der Waals surface area contributed by atoms with Crippen LogP contribution >= 0.6 is 0 Å². The molecule has 2 N–H and O–H groups in total. The Morgan fingerprint density at radius 1 is 1.06 bits per heavy atom. The summed E-state index contributed by atoms with van der Waals surface area (Å²) >= 11 is 0. The van der Waals surface area contributed by atoms with Gasteiger partial charge >= 0.3 is 0 Å². The number of rotatable bonds is 10. The Labute approximate surface area is 182 Å². The van der Waals surface area contributed by atoms with Gasteiger partial charge in [-0.15, -0.1) is 0 Å². The second-order valence-electron chi connectivity index (χ2n) is 7.11. The summed E-state index contributed by atoms with van der Waals surface area (Å²) < 4.78 is 16.1. The van der Waals surface area contributed by atoms with E-state index in [1.807, 2.05) is 49.4 Å². The summed E-state index contributed by atoms with van der Waals surface area (Å²) in [4.78, 5) is 20.4. The van der Waals surface area contributed by atoms with Crippen molar-refractivity contribution in [1.82, 2.24) is 15.3 Å². The molecule has 0 aliphatic rings. The normalized spacial score (nSPS) is 11.6. The molecule has 0 aliphatic carbocycles. The van der Waals surface area contributed by atoms with Gasteiger partial charge in [-0.05, 0) is 36.1 Å². The van der Waals surface area contributed by atoms with Crippen LogP contribution in [0, 0.1) is 0 Å². The molecule has 0 spiro atoms. The van der Waals surface area contributed by atoms with E-state index in [-0.39, 0.29) is 11.9 Å². The van der Waals surface area contributed by atoms with Crippen LogP contribution in [0.1, 0.15) is 37.2 Å². The van der Waals surface area contributed by atoms with Gasteiger partial charge in [0, 0.05) is 6.42 Å². The zero-order chi connectivity index (χ0) is 22.2. The van der Waals surface area contributed by atoms with Crippen molar-refractivity contribution in [1.29, 1.82) is 0 Å². The summed E-state index contributed by atoms with van der Waals surface area (Å²) in [5.74, 6) is 2.40. The molecule has 0 bridgehead atoms. The Kier molecular flexibility index (Phi) is 7.54. The quantitative estimate of drug-likeness (QED) is 0.508. The van der Waals surface area contributed by atoms with Gasteiger partial charge in [0.05, 0.1) is 39.3 Å². The predicted molar refractivity (Wildman–Crippen MR) is 120 cm³/mol. The Hall–Kier alpha value is -3.48. The number of nitrogens with zero attached hydrogens (tertiary/aromatic N) is 1. The molecule has 1 atom stereocenters. The minimum absolute atomic E-state index is 0.0433. The minimum atomic E-state index is -0.176. The van der Waals surface area contributed by atoms with E-state index in [0.29, 0.717) is 30.1 Å². The maximum absolute atomic E-state index is 12.6. The van der Waals surface area contributed by atoms with Gasteiger partial charge in [-0.25, -0.2) is 4.98 Å². The van der Waals surface area contributed by atoms with E-state index in [9.17, 15) is 4.79 Å². The number of H-pyrrole nitrogens is 1. The third kappa shape index (κ3) is 5.36. The van der Waals surface area contributed by atoms with Crippen molar-refractivity contribution in [3.63, 3.8) is 0 Å². The van der Waals surface area contributed by atoms with E-state index in [1.165, 1.54) is 0 Å². The lowest BCUT2D eigenvalue weighted by molar-refractivity contribution is -0.121. The van der Waals surface area contributed by atoms with Crippen molar-refractivity contribution in [3.05, 3.63) is 60.0 Å². The number of carbonyl (C=O) groups excluding carboxylic acids is 1. The van der Waals surface area contributed by atoms with Crippen molar-refractivity contribution < 1.29 is 19.0 Å². The predicted octanol–water partition coefficient (Wildman–Crippen LogP) is 4.30. The topological polar surface area (TPSA) is 85.5 Å². The van der Waals surface area contributed by atoms with Crippen molar-refractivity contribution in [2.45, 2.75) is 32.2 Å². The first-order valence-corrected chi connectivity index (χ1v) is 10.3.